The third kappa shape index (κ3) is 4.35. The van der Waals surface area contributed by atoms with Gasteiger partial charge in [0, 0.05) is 18.8 Å². The van der Waals surface area contributed by atoms with E-state index in [0.29, 0.717) is 0 Å². The maximum atomic E-state index is 10.7. The van der Waals surface area contributed by atoms with E-state index in [1.165, 1.54) is 16.8 Å². The fourth-order valence-electron chi connectivity index (χ4n) is 2.37. The molecule has 0 unspecified atom stereocenters. The molecule has 0 atom stereocenters. The van der Waals surface area contributed by atoms with Crippen molar-refractivity contribution in [2.75, 3.05) is 11.4 Å². The van der Waals surface area contributed by atoms with E-state index in [1.807, 2.05) is 24.3 Å². The van der Waals surface area contributed by atoms with Crippen molar-refractivity contribution in [2.45, 2.75) is 26.8 Å². The Morgan fingerprint density at radius 3 is 2.33 bits per heavy atom. The largest absolute Gasteiger partial charge is 0.481 e. The molecule has 0 fully saturated rings. The van der Waals surface area contributed by atoms with E-state index < -0.39 is 5.97 Å². The lowest BCUT2D eigenvalue weighted by Crippen LogP contribution is -2.22. The molecule has 1 N–H and O–H groups in total. The molecular formula is C18H21NO2. The lowest BCUT2D eigenvalue weighted by molar-refractivity contribution is -0.136. The number of rotatable bonds is 6. The molecule has 0 bridgehead atoms. The number of carbonyl (C=O) groups is 1. The minimum Gasteiger partial charge on any atom is -0.481 e. The number of hydrogen-bond donors (Lipinski definition) is 1. The zero-order chi connectivity index (χ0) is 15.2. The Balaban J connectivity index is 2.10. The molecule has 3 heteroatoms. The lowest BCUT2D eigenvalue weighted by atomic mass is 10.1. The predicted molar refractivity (Wildman–Crippen MR) is 85.7 cm³/mol. The SMILES string of the molecule is CCN(Cc1ccc(CC(=O)O)cc1)c1cccc(C)c1. The Kier molecular flexibility index (Phi) is 4.99. The summed E-state index contributed by atoms with van der Waals surface area (Å²) < 4.78 is 0. The first-order valence-electron chi connectivity index (χ1n) is 7.19. The normalized spacial score (nSPS) is 10.4. The standard InChI is InChI=1S/C18H21NO2/c1-3-19(17-6-4-5-14(2)11-17)13-16-9-7-15(8-10-16)12-18(20)21/h4-11H,3,12-13H2,1-2H3,(H,20,21). The van der Waals surface area contributed by atoms with Crippen LogP contribution >= 0.6 is 0 Å². The van der Waals surface area contributed by atoms with E-state index in [2.05, 4.69) is 43.0 Å². The molecule has 0 aromatic heterocycles. The summed E-state index contributed by atoms with van der Waals surface area (Å²) >= 11 is 0. The van der Waals surface area contributed by atoms with Crippen LogP contribution in [-0.2, 0) is 17.8 Å². The quantitative estimate of drug-likeness (QED) is 0.879. The average molecular weight is 283 g/mol. The van der Waals surface area contributed by atoms with Gasteiger partial charge in [-0.1, -0.05) is 36.4 Å². The monoisotopic (exact) mass is 283 g/mol. The van der Waals surface area contributed by atoms with E-state index in [-0.39, 0.29) is 6.42 Å². The van der Waals surface area contributed by atoms with Crippen LogP contribution in [-0.4, -0.2) is 17.6 Å². The van der Waals surface area contributed by atoms with Crippen LogP contribution in [0.4, 0.5) is 5.69 Å². The van der Waals surface area contributed by atoms with Crippen LogP contribution in [0.15, 0.2) is 48.5 Å². The molecule has 0 aliphatic heterocycles. The van der Waals surface area contributed by atoms with Crippen molar-refractivity contribution in [1.82, 2.24) is 0 Å². The molecule has 3 nitrogen and oxygen atoms in total. The zero-order valence-corrected chi connectivity index (χ0v) is 12.5. The molecule has 21 heavy (non-hydrogen) atoms. The number of nitrogens with zero attached hydrogens (tertiary/aromatic N) is 1. The number of carboxylic acid groups (broad SMARTS) is 1. The number of benzene rings is 2. The van der Waals surface area contributed by atoms with Gasteiger partial charge in [-0.25, -0.2) is 0 Å². The molecule has 0 aliphatic rings. The minimum atomic E-state index is -0.794. The topological polar surface area (TPSA) is 40.5 Å². The summed E-state index contributed by atoms with van der Waals surface area (Å²) in [6.45, 7) is 5.99. The van der Waals surface area contributed by atoms with Crippen molar-refractivity contribution in [3.8, 4) is 0 Å². The second-order valence-corrected chi connectivity index (χ2v) is 5.24. The molecule has 0 aliphatic carbocycles. The summed E-state index contributed by atoms with van der Waals surface area (Å²) in [4.78, 5) is 13.0. The molecule has 0 radical (unpaired) electrons. The van der Waals surface area contributed by atoms with Crippen LogP contribution in [0.25, 0.3) is 0 Å². The Labute approximate surface area is 125 Å². The maximum absolute atomic E-state index is 10.7. The lowest BCUT2D eigenvalue weighted by Gasteiger charge is -2.23. The molecule has 0 saturated carbocycles. The van der Waals surface area contributed by atoms with Gasteiger partial charge in [0.25, 0.3) is 0 Å². The van der Waals surface area contributed by atoms with Crippen molar-refractivity contribution in [1.29, 1.82) is 0 Å². The van der Waals surface area contributed by atoms with Crippen molar-refractivity contribution < 1.29 is 9.90 Å². The molecule has 0 amide bonds. The molecule has 0 spiro atoms. The minimum absolute atomic E-state index is 0.0790. The second kappa shape index (κ2) is 6.93. The number of anilines is 1. The molecule has 2 rings (SSSR count). The van der Waals surface area contributed by atoms with Crippen molar-refractivity contribution in [2.24, 2.45) is 0 Å². The van der Waals surface area contributed by atoms with Gasteiger partial charge in [0.1, 0.15) is 0 Å². The van der Waals surface area contributed by atoms with E-state index in [1.54, 1.807) is 0 Å². The smallest absolute Gasteiger partial charge is 0.307 e. The number of hydrogen-bond acceptors (Lipinski definition) is 2. The van der Waals surface area contributed by atoms with Crippen LogP contribution in [0.3, 0.4) is 0 Å². The summed E-state index contributed by atoms with van der Waals surface area (Å²) in [7, 11) is 0. The third-order valence-corrected chi connectivity index (χ3v) is 3.50. The fourth-order valence-corrected chi connectivity index (χ4v) is 2.37. The highest BCUT2D eigenvalue weighted by atomic mass is 16.4. The first kappa shape index (κ1) is 15.1. The predicted octanol–water partition coefficient (Wildman–Crippen LogP) is 3.65. The Morgan fingerprint density at radius 2 is 1.76 bits per heavy atom. The summed E-state index contributed by atoms with van der Waals surface area (Å²) in [6.07, 6.45) is 0.0790. The zero-order valence-electron chi connectivity index (χ0n) is 12.5. The van der Waals surface area contributed by atoms with Gasteiger partial charge in [-0.05, 0) is 42.7 Å². The van der Waals surface area contributed by atoms with Gasteiger partial charge in [-0.15, -0.1) is 0 Å². The summed E-state index contributed by atoms with van der Waals surface area (Å²) in [5.41, 5.74) is 4.49. The average Bonchev–Trinajstić information content (AvgIpc) is 2.46. The second-order valence-electron chi connectivity index (χ2n) is 5.24. The number of aryl methyl sites for hydroxylation is 1. The van der Waals surface area contributed by atoms with Gasteiger partial charge in [0.05, 0.1) is 6.42 Å². The van der Waals surface area contributed by atoms with E-state index in [4.69, 9.17) is 5.11 Å². The fraction of sp³-hybridized carbons (Fsp3) is 0.278. The van der Waals surface area contributed by atoms with Crippen molar-refractivity contribution in [3.63, 3.8) is 0 Å². The molecule has 0 heterocycles. The summed E-state index contributed by atoms with van der Waals surface area (Å²) in [5, 5.41) is 8.79. The van der Waals surface area contributed by atoms with Gasteiger partial charge < -0.3 is 10.0 Å². The van der Waals surface area contributed by atoms with Crippen LogP contribution in [0.2, 0.25) is 0 Å². The highest BCUT2D eigenvalue weighted by molar-refractivity contribution is 5.70. The Morgan fingerprint density at radius 1 is 1.10 bits per heavy atom. The van der Waals surface area contributed by atoms with Crippen molar-refractivity contribution >= 4 is 11.7 Å². The van der Waals surface area contributed by atoms with Gasteiger partial charge in [0.2, 0.25) is 0 Å². The first-order valence-corrected chi connectivity index (χ1v) is 7.19. The molecule has 110 valence electrons. The number of aliphatic carboxylic acids is 1. The van der Waals surface area contributed by atoms with E-state index in [0.717, 1.165) is 18.7 Å². The van der Waals surface area contributed by atoms with Crippen LogP contribution in [0, 0.1) is 6.92 Å². The van der Waals surface area contributed by atoms with Gasteiger partial charge in [0.15, 0.2) is 0 Å². The molecule has 2 aromatic rings. The maximum Gasteiger partial charge on any atom is 0.307 e. The highest BCUT2D eigenvalue weighted by Gasteiger charge is 2.06. The van der Waals surface area contributed by atoms with Crippen LogP contribution in [0.1, 0.15) is 23.6 Å². The number of carboxylic acids is 1. The van der Waals surface area contributed by atoms with Crippen LogP contribution in [0.5, 0.6) is 0 Å². The highest BCUT2D eigenvalue weighted by Crippen LogP contribution is 2.18. The van der Waals surface area contributed by atoms with Gasteiger partial charge >= 0.3 is 5.97 Å². The van der Waals surface area contributed by atoms with Gasteiger partial charge in [-0.2, -0.15) is 0 Å². The van der Waals surface area contributed by atoms with Crippen LogP contribution < -0.4 is 4.90 Å². The van der Waals surface area contributed by atoms with Gasteiger partial charge in [-0.3, -0.25) is 4.79 Å². The van der Waals surface area contributed by atoms with E-state index in [9.17, 15) is 4.79 Å². The molecular weight excluding hydrogens is 262 g/mol. The van der Waals surface area contributed by atoms with Crippen molar-refractivity contribution in [3.05, 3.63) is 65.2 Å². The first-order chi connectivity index (χ1) is 10.1. The third-order valence-electron chi connectivity index (χ3n) is 3.50. The van der Waals surface area contributed by atoms with E-state index >= 15 is 0 Å². The molecule has 2 aromatic carbocycles. The Hall–Kier alpha value is -2.29. The summed E-state index contributed by atoms with van der Waals surface area (Å²) in [5.74, 6) is -0.794. The Bertz CT molecular complexity index is 605. The molecule has 0 saturated heterocycles. The summed E-state index contributed by atoms with van der Waals surface area (Å²) in [6, 6.07) is 16.3.